The summed E-state index contributed by atoms with van der Waals surface area (Å²) in [6.07, 6.45) is 1.53. The van der Waals surface area contributed by atoms with Gasteiger partial charge < -0.3 is 14.8 Å². The quantitative estimate of drug-likeness (QED) is 0.588. The lowest BCUT2D eigenvalue weighted by atomic mass is 9.72. The van der Waals surface area contributed by atoms with Crippen LogP contribution in [0.25, 0.3) is 0 Å². The number of nitrogens with two attached hydrogens (primary N) is 2. The summed E-state index contributed by atoms with van der Waals surface area (Å²) in [6.45, 7) is 1.86. The standard InChI is InChI=1S/C11H20N2O5/c1-2-9(14)6-3-4-7(10(15)17-12)8(5-6)11(16)18-13/h6-9,14H,2-5,12-13H2,1H3. The maximum Gasteiger partial charge on any atom is 0.328 e. The number of carbonyl (C=O) groups is 2. The summed E-state index contributed by atoms with van der Waals surface area (Å²) in [5.41, 5.74) is 0. The highest BCUT2D eigenvalue weighted by atomic mass is 16.7. The zero-order chi connectivity index (χ0) is 13.7. The van der Waals surface area contributed by atoms with Crippen LogP contribution in [0.15, 0.2) is 0 Å². The maximum atomic E-state index is 11.6. The van der Waals surface area contributed by atoms with E-state index in [2.05, 4.69) is 9.68 Å². The lowest BCUT2D eigenvalue weighted by Gasteiger charge is -2.34. The first-order valence-corrected chi connectivity index (χ1v) is 6.04. The number of hydrogen-bond acceptors (Lipinski definition) is 7. The first-order valence-electron chi connectivity index (χ1n) is 6.04. The van der Waals surface area contributed by atoms with Crippen molar-refractivity contribution in [2.45, 2.75) is 38.7 Å². The Morgan fingerprint density at radius 2 is 1.78 bits per heavy atom. The number of rotatable bonds is 4. The van der Waals surface area contributed by atoms with Gasteiger partial charge in [-0.3, -0.25) is 9.59 Å². The molecule has 18 heavy (non-hydrogen) atoms. The zero-order valence-corrected chi connectivity index (χ0v) is 10.4. The molecule has 7 heteroatoms. The van der Waals surface area contributed by atoms with Crippen molar-refractivity contribution in [3.05, 3.63) is 0 Å². The normalized spacial score (nSPS) is 29.4. The van der Waals surface area contributed by atoms with Crippen LogP contribution >= 0.6 is 0 Å². The molecule has 0 radical (unpaired) electrons. The first-order chi connectivity index (χ1) is 8.54. The second kappa shape index (κ2) is 6.67. The predicted octanol–water partition coefficient (Wildman–Crippen LogP) is -0.376. The smallest absolute Gasteiger partial charge is 0.328 e. The van der Waals surface area contributed by atoms with E-state index >= 15 is 0 Å². The monoisotopic (exact) mass is 260 g/mol. The zero-order valence-electron chi connectivity index (χ0n) is 10.4. The summed E-state index contributed by atoms with van der Waals surface area (Å²) in [7, 11) is 0. The van der Waals surface area contributed by atoms with Gasteiger partial charge in [0.15, 0.2) is 0 Å². The van der Waals surface area contributed by atoms with Crippen molar-refractivity contribution in [2.75, 3.05) is 0 Å². The van der Waals surface area contributed by atoms with Crippen molar-refractivity contribution >= 4 is 11.9 Å². The van der Waals surface area contributed by atoms with Crippen LogP contribution in [0.5, 0.6) is 0 Å². The van der Waals surface area contributed by atoms with Gasteiger partial charge in [0, 0.05) is 0 Å². The van der Waals surface area contributed by atoms with Crippen LogP contribution in [0.3, 0.4) is 0 Å². The van der Waals surface area contributed by atoms with Crippen molar-refractivity contribution in [1.29, 1.82) is 0 Å². The summed E-state index contributed by atoms with van der Waals surface area (Å²) in [4.78, 5) is 31.5. The minimum Gasteiger partial charge on any atom is -0.393 e. The second-order valence-electron chi connectivity index (χ2n) is 4.64. The molecule has 7 nitrogen and oxygen atoms in total. The Labute approximate surface area is 105 Å². The average molecular weight is 260 g/mol. The third-order valence-corrected chi connectivity index (χ3v) is 3.69. The largest absolute Gasteiger partial charge is 0.393 e. The highest BCUT2D eigenvalue weighted by Gasteiger charge is 2.42. The van der Waals surface area contributed by atoms with Gasteiger partial charge in [0.25, 0.3) is 0 Å². The summed E-state index contributed by atoms with van der Waals surface area (Å²) >= 11 is 0. The second-order valence-corrected chi connectivity index (χ2v) is 4.64. The van der Waals surface area contributed by atoms with Gasteiger partial charge >= 0.3 is 11.9 Å². The minimum absolute atomic E-state index is 0.0408. The van der Waals surface area contributed by atoms with Crippen LogP contribution < -0.4 is 11.8 Å². The molecule has 1 saturated carbocycles. The van der Waals surface area contributed by atoms with Crippen molar-refractivity contribution < 1.29 is 24.4 Å². The van der Waals surface area contributed by atoms with E-state index in [1.54, 1.807) is 0 Å². The Kier molecular flexibility index (Phi) is 5.52. The number of hydrogen-bond donors (Lipinski definition) is 3. The fourth-order valence-corrected chi connectivity index (χ4v) is 2.60. The first kappa shape index (κ1) is 14.9. The Hall–Kier alpha value is -1.18. The number of aliphatic hydroxyl groups excluding tert-OH is 1. The van der Waals surface area contributed by atoms with Gasteiger partial charge in [-0.25, -0.2) is 0 Å². The number of aliphatic hydroxyl groups is 1. The molecule has 0 aromatic rings. The molecule has 4 unspecified atom stereocenters. The van der Waals surface area contributed by atoms with E-state index in [0.717, 1.165) is 0 Å². The summed E-state index contributed by atoms with van der Waals surface area (Å²) in [5.74, 6) is 7.01. The molecule has 0 aromatic carbocycles. The Morgan fingerprint density at radius 1 is 1.22 bits per heavy atom. The third-order valence-electron chi connectivity index (χ3n) is 3.69. The predicted molar refractivity (Wildman–Crippen MR) is 61.2 cm³/mol. The molecule has 0 heterocycles. The fourth-order valence-electron chi connectivity index (χ4n) is 2.60. The molecule has 0 saturated heterocycles. The summed E-state index contributed by atoms with van der Waals surface area (Å²) in [5, 5.41) is 9.81. The highest BCUT2D eigenvalue weighted by molar-refractivity contribution is 5.82. The molecule has 1 aliphatic carbocycles. The van der Waals surface area contributed by atoms with Crippen molar-refractivity contribution in [2.24, 2.45) is 29.5 Å². The van der Waals surface area contributed by atoms with Crippen LogP contribution in [0.2, 0.25) is 0 Å². The fraction of sp³-hybridized carbons (Fsp3) is 0.818. The van der Waals surface area contributed by atoms with Gasteiger partial charge in [-0.2, -0.15) is 11.8 Å². The summed E-state index contributed by atoms with van der Waals surface area (Å²) in [6, 6.07) is 0. The molecular weight excluding hydrogens is 240 g/mol. The molecule has 104 valence electrons. The van der Waals surface area contributed by atoms with E-state index in [1.165, 1.54) is 0 Å². The van der Waals surface area contributed by atoms with Gasteiger partial charge in [-0.15, -0.1) is 0 Å². The van der Waals surface area contributed by atoms with Gasteiger partial charge in [0.05, 0.1) is 17.9 Å². The van der Waals surface area contributed by atoms with Crippen LogP contribution in [-0.2, 0) is 19.3 Å². The lowest BCUT2D eigenvalue weighted by molar-refractivity contribution is -0.165. The van der Waals surface area contributed by atoms with Gasteiger partial charge in [-0.05, 0) is 31.6 Å². The molecule has 4 atom stereocenters. The van der Waals surface area contributed by atoms with Crippen molar-refractivity contribution in [3.8, 4) is 0 Å². The van der Waals surface area contributed by atoms with E-state index in [-0.39, 0.29) is 5.92 Å². The molecule has 1 fully saturated rings. The van der Waals surface area contributed by atoms with Crippen molar-refractivity contribution in [3.63, 3.8) is 0 Å². The SMILES string of the molecule is CCC(O)C1CCC(C(=O)ON)C(C(=O)ON)C1. The van der Waals surface area contributed by atoms with E-state index in [9.17, 15) is 14.7 Å². The average Bonchev–Trinajstić information content (AvgIpc) is 2.43. The topological polar surface area (TPSA) is 125 Å². The Balaban J connectivity index is 2.79. The molecule has 0 bridgehead atoms. The summed E-state index contributed by atoms with van der Waals surface area (Å²) < 4.78 is 0. The highest BCUT2D eigenvalue weighted by Crippen LogP contribution is 2.37. The minimum atomic E-state index is -0.703. The molecule has 1 rings (SSSR count). The molecule has 1 aliphatic rings. The van der Waals surface area contributed by atoms with Crippen LogP contribution in [0.1, 0.15) is 32.6 Å². The maximum absolute atomic E-state index is 11.6. The number of carbonyl (C=O) groups excluding carboxylic acids is 2. The van der Waals surface area contributed by atoms with E-state index in [4.69, 9.17) is 11.8 Å². The van der Waals surface area contributed by atoms with Gasteiger partial charge in [-0.1, -0.05) is 6.92 Å². The lowest BCUT2D eigenvalue weighted by Crippen LogP contribution is -2.41. The van der Waals surface area contributed by atoms with Gasteiger partial charge in [0.1, 0.15) is 0 Å². The van der Waals surface area contributed by atoms with Gasteiger partial charge in [0.2, 0.25) is 0 Å². The van der Waals surface area contributed by atoms with Crippen LogP contribution in [0, 0.1) is 17.8 Å². The van der Waals surface area contributed by atoms with E-state index in [1.807, 2.05) is 6.92 Å². The molecular formula is C11H20N2O5. The Bertz CT molecular complexity index is 310. The van der Waals surface area contributed by atoms with Crippen LogP contribution in [0.4, 0.5) is 0 Å². The third kappa shape index (κ3) is 3.18. The molecule has 0 spiro atoms. The van der Waals surface area contributed by atoms with E-state index < -0.39 is 29.9 Å². The van der Waals surface area contributed by atoms with Crippen molar-refractivity contribution in [1.82, 2.24) is 0 Å². The Morgan fingerprint density at radius 3 is 2.28 bits per heavy atom. The molecule has 5 N–H and O–H groups in total. The van der Waals surface area contributed by atoms with Crippen LogP contribution in [-0.4, -0.2) is 23.1 Å². The molecule has 0 aromatic heterocycles. The van der Waals surface area contributed by atoms with E-state index in [0.29, 0.717) is 25.7 Å². The molecule has 0 amide bonds. The molecule has 0 aliphatic heterocycles.